The molecule has 0 amide bonds. The summed E-state index contributed by atoms with van der Waals surface area (Å²) in [7, 11) is 0. The maximum atomic E-state index is 11.5. The summed E-state index contributed by atoms with van der Waals surface area (Å²) in [5, 5.41) is 21.9. The van der Waals surface area contributed by atoms with Gasteiger partial charge in [0.25, 0.3) is 5.69 Å². The molecule has 0 spiro atoms. The highest BCUT2D eigenvalue weighted by Crippen LogP contribution is 2.51. The fourth-order valence-electron chi connectivity index (χ4n) is 3.09. The number of fused-ring (bicyclic) bond motifs is 3. The molecule has 2 aromatic carbocycles. The van der Waals surface area contributed by atoms with E-state index in [2.05, 4.69) is 6.07 Å². The molecular formula is C18H11N3O3S. The van der Waals surface area contributed by atoms with Gasteiger partial charge in [0.15, 0.2) is 5.75 Å². The van der Waals surface area contributed by atoms with E-state index in [0.717, 1.165) is 15.0 Å². The van der Waals surface area contributed by atoms with Crippen molar-refractivity contribution < 1.29 is 9.66 Å². The Labute approximate surface area is 146 Å². The monoisotopic (exact) mass is 349 g/mol. The normalized spacial score (nSPS) is 16.2. The van der Waals surface area contributed by atoms with E-state index in [1.54, 1.807) is 18.2 Å². The van der Waals surface area contributed by atoms with Crippen molar-refractivity contribution in [2.24, 2.45) is 5.73 Å². The van der Waals surface area contributed by atoms with E-state index >= 15 is 0 Å². The quantitative estimate of drug-likeness (QED) is 0.556. The number of benzene rings is 2. The standard InChI is InChI=1S/C18H11N3O3S/c19-9-12-15(10-5-1-3-7-13(10)21(22)23)17-16(24-18(12)20)11-6-2-4-8-14(11)25-17/h1-8,15H,20H2/t15-/m1/s1. The third kappa shape index (κ3) is 2.23. The maximum absolute atomic E-state index is 11.5. The molecule has 1 aliphatic heterocycles. The Kier molecular flexibility index (Phi) is 3.41. The molecule has 25 heavy (non-hydrogen) atoms. The number of ether oxygens (including phenoxy) is 1. The van der Waals surface area contributed by atoms with Gasteiger partial charge in [0.1, 0.15) is 11.6 Å². The van der Waals surface area contributed by atoms with Gasteiger partial charge in [0.05, 0.1) is 15.7 Å². The lowest BCUT2D eigenvalue weighted by molar-refractivity contribution is -0.385. The van der Waals surface area contributed by atoms with Crippen LogP contribution in [-0.4, -0.2) is 4.92 Å². The van der Waals surface area contributed by atoms with E-state index in [-0.39, 0.29) is 17.1 Å². The first-order valence-corrected chi connectivity index (χ1v) is 8.25. The second-order valence-corrected chi connectivity index (χ2v) is 6.62. The van der Waals surface area contributed by atoms with Gasteiger partial charge < -0.3 is 10.5 Å². The first kappa shape index (κ1) is 15.2. The SMILES string of the molecule is N#CC1=C(N)Oc2c(sc3ccccc23)[C@@H]1c1ccccc1[N+](=O)[O-]. The lowest BCUT2D eigenvalue weighted by atomic mass is 9.87. The van der Waals surface area contributed by atoms with Crippen molar-refractivity contribution in [3.8, 4) is 11.8 Å². The van der Waals surface area contributed by atoms with Crippen molar-refractivity contribution in [3.63, 3.8) is 0 Å². The van der Waals surface area contributed by atoms with Crippen LogP contribution in [0.25, 0.3) is 10.1 Å². The Morgan fingerprint density at radius 2 is 1.92 bits per heavy atom. The van der Waals surface area contributed by atoms with Crippen LogP contribution in [-0.2, 0) is 0 Å². The zero-order valence-electron chi connectivity index (χ0n) is 12.8. The highest BCUT2D eigenvalue weighted by Gasteiger charge is 2.37. The van der Waals surface area contributed by atoms with Crippen molar-refractivity contribution in [3.05, 3.63) is 80.5 Å². The molecule has 0 radical (unpaired) electrons. The van der Waals surface area contributed by atoms with Crippen molar-refractivity contribution in [1.29, 1.82) is 5.26 Å². The lowest BCUT2D eigenvalue weighted by Crippen LogP contribution is -2.20. The summed E-state index contributed by atoms with van der Waals surface area (Å²) in [5.41, 5.74) is 6.56. The number of thiophene rings is 1. The second kappa shape index (κ2) is 5.61. The van der Waals surface area contributed by atoms with Crippen LogP contribution in [0.4, 0.5) is 5.69 Å². The molecular weight excluding hydrogens is 338 g/mol. The van der Waals surface area contributed by atoms with E-state index < -0.39 is 10.8 Å². The maximum Gasteiger partial charge on any atom is 0.273 e. The first-order chi connectivity index (χ1) is 12.1. The van der Waals surface area contributed by atoms with E-state index in [9.17, 15) is 15.4 Å². The molecule has 1 atom stereocenters. The summed E-state index contributed by atoms with van der Waals surface area (Å²) in [6, 6.07) is 16.1. The summed E-state index contributed by atoms with van der Waals surface area (Å²) in [5.74, 6) is -0.0605. The molecule has 2 heterocycles. The van der Waals surface area contributed by atoms with Gasteiger partial charge in [-0.3, -0.25) is 10.1 Å². The fourth-order valence-corrected chi connectivity index (χ4v) is 4.35. The van der Waals surface area contributed by atoms with Gasteiger partial charge in [0, 0.05) is 21.7 Å². The molecule has 4 rings (SSSR count). The lowest BCUT2D eigenvalue weighted by Gasteiger charge is -2.23. The molecule has 2 N–H and O–H groups in total. The van der Waals surface area contributed by atoms with Gasteiger partial charge >= 0.3 is 0 Å². The highest BCUT2D eigenvalue weighted by molar-refractivity contribution is 7.19. The van der Waals surface area contributed by atoms with Crippen molar-refractivity contribution in [2.45, 2.75) is 5.92 Å². The number of allylic oxidation sites excluding steroid dienone is 1. The van der Waals surface area contributed by atoms with Crippen LogP contribution in [0.5, 0.6) is 5.75 Å². The first-order valence-electron chi connectivity index (χ1n) is 7.44. The molecule has 0 unspecified atom stereocenters. The molecule has 1 aliphatic rings. The summed E-state index contributed by atoms with van der Waals surface area (Å²) in [4.78, 5) is 11.8. The molecule has 3 aromatic rings. The minimum absolute atomic E-state index is 0.0123. The highest BCUT2D eigenvalue weighted by atomic mass is 32.1. The number of nitrogens with zero attached hydrogens (tertiary/aromatic N) is 2. The number of nitro benzene ring substituents is 1. The largest absolute Gasteiger partial charge is 0.439 e. The van der Waals surface area contributed by atoms with E-state index in [1.165, 1.54) is 17.4 Å². The van der Waals surface area contributed by atoms with E-state index in [1.807, 2.05) is 24.3 Å². The molecule has 7 heteroatoms. The van der Waals surface area contributed by atoms with Gasteiger partial charge in [-0.25, -0.2) is 0 Å². The summed E-state index contributed by atoms with van der Waals surface area (Å²) in [6.45, 7) is 0. The Morgan fingerprint density at radius 3 is 2.68 bits per heavy atom. The smallest absolute Gasteiger partial charge is 0.273 e. The number of hydrogen-bond donors (Lipinski definition) is 1. The van der Waals surface area contributed by atoms with Crippen molar-refractivity contribution in [1.82, 2.24) is 0 Å². The number of hydrogen-bond acceptors (Lipinski definition) is 6. The predicted octanol–water partition coefficient (Wildman–Crippen LogP) is 4.03. The minimum Gasteiger partial charge on any atom is -0.439 e. The van der Waals surface area contributed by atoms with Crippen molar-refractivity contribution in [2.75, 3.05) is 0 Å². The molecule has 0 saturated heterocycles. The van der Waals surface area contributed by atoms with Crippen LogP contribution < -0.4 is 10.5 Å². The fraction of sp³-hybridized carbons (Fsp3) is 0.0556. The minimum atomic E-state index is -0.618. The molecule has 0 bridgehead atoms. The number of nitriles is 1. The Balaban J connectivity index is 2.05. The molecule has 0 saturated carbocycles. The number of rotatable bonds is 2. The molecule has 6 nitrogen and oxygen atoms in total. The third-order valence-electron chi connectivity index (χ3n) is 4.17. The van der Waals surface area contributed by atoms with Gasteiger partial charge in [-0.1, -0.05) is 30.3 Å². The number of nitrogens with two attached hydrogens (primary N) is 1. The van der Waals surface area contributed by atoms with E-state index in [0.29, 0.717) is 11.3 Å². The summed E-state index contributed by atoms with van der Waals surface area (Å²) < 4.78 is 6.69. The van der Waals surface area contributed by atoms with Gasteiger partial charge in [-0.15, -0.1) is 11.3 Å². The van der Waals surface area contributed by atoms with Crippen LogP contribution in [0, 0.1) is 21.4 Å². The zero-order chi connectivity index (χ0) is 17.6. The Bertz CT molecular complexity index is 1090. The van der Waals surface area contributed by atoms with Crippen LogP contribution >= 0.6 is 11.3 Å². The average molecular weight is 349 g/mol. The molecule has 1 aromatic heterocycles. The third-order valence-corrected chi connectivity index (χ3v) is 5.39. The van der Waals surface area contributed by atoms with Crippen molar-refractivity contribution >= 4 is 27.1 Å². The summed E-state index contributed by atoms with van der Waals surface area (Å²) in [6.07, 6.45) is 0. The van der Waals surface area contributed by atoms with Gasteiger partial charge in [0.2, 0.25) is 5.88 Å². The number of nitro groups is 1. The molecule has 122 valence electrons. The van der Waals surface area contributed by atoms with Gasteiger partial charge in [-0.05, 0) is 12.1 Å². The zero-order valence-corrected chi connectivity index (χ0v) is 13.6. The average Bonchev–Trinajstić information content (AvgIpc) is 2.98. The van der Waals surface area contributed by atoms with Crippen LogP contribution in [0.3, 0.4) is 0 Å². The van der Waals surface area contributed by atoms with Crippen LogP contribution in [0.2, 0.25) is 0 Å². The Hall–Kier alpha value is -3.37. The molecule has 0 fully saturated rings. The van der Waals surface area contributed by atoms with Crippen LogP contribution in [0.15, 0.2) is 60.0 Å². The number of para-hydroxylation sites is 1. The second-order valence-electron chi connectivity index (χ2n) is 5.53. The van der Waals surface area contributed by atoms with E-state index in [4.69, 9.17) is 10.5 Å². The van der Waals surface area contributed by atoms with Crippen LogP contribution in [0.1, 0.15) is 16.4 Å². The molecule has 0 aliphatic carbocycles. The Morgan fingerprint density at radius 1 is 1.20 bits per heavy atom. The van der Waals surface area contributed by atoms with Gasteiger partial charge in [-0.2, -0.15) is 5.26 Å². The summed E-state index contributed by atoms with van der Waals surface area (Å²) >= 11 is 1.46. The topological polar surface area (TPSA) is 102 Å². The predicted molar refractivity (Wildman–Crippen MR) is 94.2 cm³/mol.